The van der Waals surface area contributed by atoms with Gasteiger partial charge in [0.25, 0.3) is 0 Å². The minimum Gasteiger partial charge on any atom is -0.330 e. The fraction of sp³-hybridized carbons (Fsp3) is 0.625. The molecule has 0 radical (unpaired) electrons. The van der Waals surface area contributed by atoms with Crippen molar-refractivity contribution in [3.05, 3.63) is 17.5 Å². The third-order valence-corrected chi connectivity index (χ3v) is 2.00. The second-order valence-electron chi connectivity index (χ2n) is 2.97. The van der Waals surface area contributed by atoms with E-state index in [9.17, 15) is 0 Å². The van der Waals surface area contributed by atoms with Crippen LogP contribution in [0.5, 0.6) is 0 Å². The highest BCUT2D eigenvalue weighted by atomic mass is 15.3. The summed E-state index contributed by atoms with van der Waals surface area (Å²) >= 11 is 0. The molecule has 1 rings (SSSR count). The molecule has 0 bridgehead atoms. The first-order chi connectivity index (χ1) is 5.16. The Bertz CT molecular complexity index is 220. The van der Waals surface area contributed by atoms with E-state index in [4.69, 9.17) is 5.73 Å². The predicted octanol–water partition coefficient (Wildman–Crippen LogP) is 0.791. The third kappa shape index (κ3) is 1.43. The summed E-state index contributed by atoms with van der Waals surface area (Å²) < 4.78 is 1.90. The van der Waals surface area contributed by atoms with Crippen LogP contribution in [0.1, 0.15) is 24.1 Å². The molecule has 0 aliphatic carbocycles. The van der Waals surface area contributed by atoms with Gasteiger partial charge in [-0.25, -0.2) is 0 Å². The monoisotopic (exact) mass is 153 g/mol. The van der Waals surface area contributed by atoms with Crippen LogP contribution in [0.2, 0.25) is 0 Å². The van der Waals surface area contributed by atoms with Crippen molar-refractivity contribution in [3.8, 4) is 0 Å². The molecule has 1 unspecified atom stereocenters. The molecular weight excluding hydrogens is 138 g/mol. The molecule has 0 spiro atoms. The molecule has 11 heavy (non-hydrogen) atoms. The zero-order valence-corrected chi connectivity index (χ0v) is 7.33. The van der Waals surface area contributed by atoms with Crippen LogP contribution in [-0.2, 0) is 7.05 Å². The Morgan fingerprint density at radius 1 is 1.73 bits per heavy atom. The molecule has 62 valence electrons. The Labute approximate surface area is 67.2 Å². The van der Waals surface area contributed by atoms with E-state index in [0.29, 0.717) is 12.5 Å². The Morgan fingerprint density at radius 3 is 2.73 bits per heavy atom. The topological polar surface area (TPSA) is 43.8 Å². The maximum absolute atomic E-state index is 5.56. The zero-order chi connectivity index (χ0) is 8.43. The molecule has 3 nitrogen and oxygen atoms in total. The van der Waals surface area contributed by atoms with Crippen molar-refractivity contribution < 1.29 is 0 Å². The molecule has 0 saturated carbocycles. The van der Waals surface area contributed by atoms with Gasteiger partial charge in [-0.05, 0) is 12.5 Å². The first kappa shape index (κ1) is 8.27. The summed E-state index contributed by atoms with van der Waals surface area (Å²) in [6, 6.07) is 0. The quantitative estimate of drug-likeness (QED) is 0.682. The summed E-state index contributed by atoms with van der Waals surface area (Å²) in [5, 5.41) is 4.15. The van der Waals surface area contributed by atoms with Crippen molar-refractivity contribution >= 4 is 0 Å². The van der Waals surface area contributed by atoms with Crippen LogP contribution in [0.25, 0.3) is 0 Å². The van der Waals surface area contributed by atoms with E-state index in [1.807, 2.05) is 17.9 Å². The van der Waals surface area contributed by atoms with Crippen molar-refractivity contribution in [1.82, 2.24) is 9.78 Å². The Kier molecular flexibility index (Phi) is 2.29. The van der Waals surface area contributed by atoms with Gasteiger partial charge in [-0.15, -0.1) is 0 Å². The zero-order valence-electron chi connectivity index (χ0n) is 7.33. The highest BCUT2D eigenvalue weighted by Crippen LogP contribution is 2.16. The largest absolute Gasteiger partial charge is 0.330 e. The average molecular weight is 153 g/mol. The summed E-state index contributed by atoms with van der Waals surface area (Å²) in [7, 11) is 1.95. The van der Waals surface area contributed by atoms with Gasteiger partial charge in [0.2, 0.25) is 0 Å². The Hall–Kier alpha value is -0.830. The maximum Gasteiger partial charge on any atom is 0.0521 e. The SMILES string of the molecule is Cc1cnn(C)c1C(C)CN. The van der Waals surface area contributed by atoms with Gasteiger partial charge in [0.1, 0.15) is 0 Å². The van der Waals surface area contributed by atoms with Crippen LogP contribution >= 0.6 is 0 Å². The fourth-order valence-corrected chi connectivity index (χ4v) is 1.38. The Morgan fingerprint density at radius 2 is 2.36 bits per heavy atom. The van der Waals surface area contributed by atoms with E-state index >= 15 is 0 Å². The summed E-state index contributed by atoms with van der Waals surface area (Å²) in [6.07, 6.45) is 1.88. The second-order valence-corrected chi connectivity index (χ2v) is 2.97. The summed E-state index contributed by atoms with van der Waals surface area (Å²) in [5.41, 5.74) is 8.03. The lowest BCUT2D eigenvalue weighted by Gasteiger charge is -2.09. The normalized spacial score (nSPS) is 13.5. The van der Waals surface area contributed by atoms with Gasteiger partial charge >= 0.3 is 0 Å². The van der Waals surface area contributed by atoms with Gasteiger partial charge in [-0.1, -0.05) is 6.92 Å². The van der Waals surface area contributed by atoms with Gasteiger partial charge in [0.15, 0.2) is 0 Å². The molecule has 1 aromatic rings. The molecule has 1 atom stereocenters. The summed E-state index contributed by atoms with van der Waals surface area (Å²) in [4.78, 5) is 0. The number of rotatable bonds is 2. The van der Waals surface area contributed by atoms with Crippen LogP contribution < -0.4 is 5.73 Å². The van der Waals surface area contributed by atoms with Crippen molar-refractivity contribution in [2.24, 2.45) is 12.8 Å². The third-order valence-electron chi connectivity index (χ3n) is 2.00. The van der Waals surface area contributed by atoms with Gasteiger partial charge in [-0.3, -0.25) is 4.68 Å². The van der Waals surface area contributed by atoms with Crippen LogP contribution in [0.4, 0.5) is 0 Å². The first-order valence-electron chi connectivity index (χ1n) is 3.85. The molecule has 1 aromatic heterocycles. The van der Waals surface area contributed by atoms with Gasteiger partial charge < -0.3 is 5.73 Å². The van der Waals surface area contributed by atoms with E-state index in [2.05, 4.69) is 18.9 Å². The van der Waals surface area contributed by atoms with Crippen molar-refractivity contribution in [1.29, 1.82) is 0 Å². The summed E-state index contributed by atoms with van der Waals surface area (Å²) in [6.45, 7) is 4.86. The smallest absolute Gasteiger partial charge is 0.0521 e. The van der Waals surface area contributed by atoms with Crippen LogP contribution in [0, 0.1) is 6.92 Å². The van der Waals surface area contributed by atoms with Crippen molar-refractivity contribution in [2.75, 3.05) is 6.54 Å². The standard InChI is InChI=1S/C8H15N3/c1-6(4-9)8-7(2)5-10-11(8)3/h5-6H,4,9H2,1-3H3. The molecule has 0 amide bonds. The van der Waals surface area contributed by atoms with Crippen LogP contribution in [-0.4, -0.2) is 16.3 Å². The number of hydrogen-bond acceptors (Lipinski definition) is 2. The Balaban J connectivity index is 3.00. The van der Waals surface area contributed by atoms with E-state index in [1.54, 1.807) is 0 Å². The average Bonchev–Trinajstić information content (AvgIpc) is 2.30. The number of nitrogens with two attached hydrogens (primary N) is 1. The van der Waals surface area contributed by atoms with E-state index in [-0.39, 0.29) is 0 Å². The van der Waals surface area contributed by atoms with E-state index < -0.39 is 0 Å². The fourth-order valence-electron chi connectivity index (χ4n) is 1.38. The molecule has 0 fully saturated rings. The number of aromatic nitrogens is 2. The highest BCUT2D eigenvalue weighted by Gasteiger charge is 2.10. The summed E-state index contributed by atoms with van der Waals surface area (Å²) in [5.74, 6) is 0.405. The van der Waals surface area contributed by atoms with Gasteiger partial charge in [0.05, 0.1) is 6.20 Å². The predicted molar refractivity (Wildman–Crippen MR) is 45.4 cm³/mol. The molecule has 0 aliphatic rings. The van der Waals surface area contributed by atoms with Crippen LogP contribution in [0.3, 0.4) is 0 Å². The lowest BCUT2D eigenvalue weighted by atomic mass is 10.1. The molecule has 3 heteroatoms. The molecule has 1 heterocycles. The number of nitrogens with zero attached hydrogens (tertiary/aromatic N) is 2. The lowest BCUT2D eigenvalue weighted by molar-refractivity contribution is 0.640. The van der Waals surface area contributed by atoms with Crippen molar-refractivity contribution in [2.45, 2.75) is 19.8 Å². The van der Waals surface area contributed by atoms with E-state index in [0.717, 1.165) is 0 Å². The second kappa shape index (κ2) is 3.05. The molecule has 0 aliphatic heterocycles. The van der Waals surface area contributed by atoms with Crippen molar-refractivity contribution in [3.63, 3.8) is 0 Å². The lowest BCUT2D eigenvalue weighted by Crippen LogP contribution is -2.13. The molecule has 0 aromatic carbocycles. The maximum atomic E-state index is 5.56. The number of aryl methyl sites for hydroxylation is 2. The number of hydrogen-bond donors (Lipinski definition) is 1. The van der Waals surface area contributed by atoms with Gasteiger partial charge in [-0.2, -0.15) is 5.10 Å². The molecule has 0 saturated heterocycles. The van der Waals surface area contributed by atoms with Gasteiger partial charge in [0, 0.05) is 25.2 Å². The minimum atomic E-state index is 0.405. The first-order valence-corrected chi connectivity index (χ1v) is 3.85. The minimum absolute atomic E-state index is 0.405. The van der Waals surface area contributed by atoms with Crippen LogP contribution in [0.15, 0.2) is 6.20 Å². The highest BCUT2D eigenvalue weighted by molar-refractivity contribution is 5.19. The molecule has 2 N–H and O–H groups in total. The molecular formula is C8H15N3. The van der Waals surface area contributed by atoms with E-state index in [1.165, 1.54) is 11.3 Å².